The molecule has 0 spiro atoms. The van der Waals surface area contributed by atoms with Crippen LogP contribution in [0, 0.1) is 0 Å². The van der Waals surface area contributed by atoms with Crippen LogP contribution in [-0.2, 0) is 0 Å². The van der Waals surface area contributed by atoms with Crippen molar-refractivity contribution in [2.45, 2.75) is 32.6 Å². The van der Waals surface area contributed by atoms with Crippen molar-refractivity contribution in [1.29, 1.82) is 0 Å². The highest BCUT2D eigenvalue weighted by Crippen LogP contribution is 2.16. The van der Waals surface area contributed by atoms with E-state index in [1.807, 2.05) is 12.3 Å². The van der Waals surface area contributed by atoms with Gasteiger partial charge >= 0.3 is 0 Å². The van der Waals surface area contributed by atoms with E-state index in [-0.39, 0.29) is 0 Å². The van der Waals surface area contributed by atoms with Gasteiger partial charge in [0.15, 0.2) is 0 Å². The predicted octanol–water partition coefficient (Wildman–Crippen LogP) is 2.31. The minimum atomic E-state index is 0.632. The average molecular weight is 138 g/mol. The molecule has 1 rings (SSSR count). The Balaban J connectivity index is 2.50. The van der Waals surface area contributed by atoms with Crippen LogP contribution in [0.15, 0.2) is 12.3 Å². The van der Waals surface area contributed by atoms with Crippen LogP contribution in [-0.4, -0.2) is 10.2 Å². The Kier molecular flexibility index (Phi) is 2.49. The van der Waals surface area contributed by atoms with Crippen molar-refractivity contribution in [1.82, 2.24) is 10.2 Å². The van der Waals surface area contributed by atoms with E-state index in [0.717, 1.165) is 0 Å². The van der Waals surface area contributed by atoms with Crippen LogP contribution in [0.1, 0.15) is 38.3 Å². The predicted molar refractivity (Wildman–Crippen MR) is 41.9 cm³/mol. The van der Waals surface area contributed by atoms with Gasteiger partial charge in [-0.2, -0.15) is 5.10 Å². The molecule has 56 valence electrons. The summed E-state index contributed by atoms with van der Waals surface area (Å²) in [5, 5.41) is 6.87. The standard InChI is InChI=1S/C8H14N2/c1-3-4-7(2)8-5-6-9-10-8/h5-7H,3-4H2,1-2H3,(H,9,10). The second kappa shape index (κ2) is 3.40. The summed E-state index contributed by atoms with van der Waals surface area (Å²) in [6.07, 6.45) is 4.28. The van der Waals surface area contributed by atoms with Crippen LogP contribution in [0.4, 0.5) is 0 Å². The molecule has 2 nitrogen and oxygen atoms in total. The quantitative estimate of drug-likeness (QED) is 0.682. The molecule has 0 fully saturated rings. The number of aromatic amines is 1. The lowest BCUT2D eigenvalue weighted by Crippen LogP contribution is -1.92. The van der Waals surface area contributed by atoms with E-state index in [2.05, 4.69) is 24.0 Å². The fraction of sp³-hybridized carbons (Fsp3) is 0.625. The highest BCUT2D eigenvalue weighted by molar-refractivity contribution is 5.03. The molecule has 0 saturated heterocycles. The van der Waals surface area contributed by atoms with Crippen LogP contribution >= 0.6 is 0 Å². The van der Waals surface area contributed by atoms with Gasteiger partial charge in [0.1, 0.15) is 0 Å². The van der Waals surface area contributed by atoms with Crippen LogP contribution in [0.3, 0.4) is 0 Å². The maximum Gasteiger partial charge on any atom is 0.0490 e. The van der Waals surface area contributed by atoms with Crippen molar-refractivity contribution in [3.63, 3.8) is 0 Å². The third kappa shape index (κ3) is 1.59. The molecular formula is C8H14N2. The van der Waals surface area contributed by atoms with Crippen molar-refractivity contribution in [2.24, 2.45) is 0 Å². The second-order valence-electron chi connectivity index (χ2n) is 2.70. The molecule has 0 bridgehead atoms. The SMILES string of the molecule is CCCC(C)c1ccn[nH]1. The van der Waals surface area contributed by atoms with Gasteiger partial charge in [-0.3, -0.25) is 5.10 Å². The Hall–Kier alpha value is -0.790. The zero-order valence-electron chi connectivity index (χ0n) is 6.59. The summed E-state index contributed by atoms with van der Waals surface area (Å²) < 4.78 is 0. The monoisotopic (exact) mass is 138 g/mol. The Morgan fingerprint density at radius 1 is 1.70 bits per heavy atom. The number of hydrogen-bond donors (Lipinski definition) is 1. The third-order valence-corrected chi connectivity index (χ3v) is 1.77. The van der Waals surface area contributed by atoms with Crippen LogP contribution in [0.25, 0.3) is 0 Å². The van der Waals surface area contributed by atoms with Crippen molar-refractivity contribution in [2.75, 3.05) is 0 Å². The maximum absolute atomic E-state index is 3.90. The minimum Gasteiger partial charge on any atom is -0.282 e. The van der Waals surface area contributed by atoms with Crippen molar-refractivity contribution in [3.05, 3.63) is 18.0 Å². The molecule has 1 heterocycles. The Bertz CT molecular complexity index is 167. The number of H-pyrrole nitrogens is 1. The van der Waals surface area contributed by atoms with Gasteiger partial charge in [-0.15, -0.1) is 0 Å². The minimum absolute atomic E-state index is 0.632. The zero-order chi connectivity index (χ0) is 7.40. The first-order chi connectivity index (χ1) is 4.84. The fourth-order valence-corrected chi connectivity index (χ4v) is 1.13. The number of hydrogen-bond acceptors (Lipinski definition) is 1. The normalized spacial score (nSPS) is 13.4. The first-order valence-electron chi connectivity index (χ1n) is 3.84. The summed E-state index contributed by atoms with van der Waals surface area (Å²) in [6, 6.07) is 2.04. The van der Waals surface area contributed by atoms with E-state index in [1.54, 1.807) is 0 Å². The van der Waals surface area contributed by atoms with Gasteiger partial charge in [-0.05, 0) is 18.4 Å². The molecular weight excluding hydrogens is 124 g/mol. The molecule has 1 aromatic heterocycles. The van der Waals surface area contributed by atoms with Crippen LogP contribution < -0.4 is 0 Å². The molecule has 1 N–H and O–H groups in total. The molecule has 1 unspecified atom stereocenters. The summed E-state index contributed by atoms with van der Waals surface area (Å²) in [6.45, 7) is 4.42. The summed E-state index contributed by atoms with van der Waals surface area (Å²) in [5.74, 6) is 0.632. The Morgan fingerprint density at radius 3 is 3.00 bits per heavy atom. The van der Waals surface area contributed by atoms with Crippen LogP contribution in [0.2, 0.25) is 0 Å². The highest BCUT2D eigenvalue weighted by atomic mass is 15.1. The molecule has 2 heteroatoms. The van der Waals surface area contributed by atoms with E-state index < -0.39 is 0 Å². The van der Waals surface area contributed by atoms with Gasteiger partial charge < -0.3 is 0 Å². The fourth-order valence-electron chi connectivity index (χ4n) is 1.13. The molecule has 1 aromatic rings. The molecule has 0 aliphatic carbocycles. The highest BCUT2D eigenvalue weighted by Gasteiger charge is 2.03. The van der Waals surface area contributed by atoms with E-state index in [1.165, 1.54) is 18.5 Å². The average Bonchev–Trinajstić information content (AvgIpc) is 2.38. The smallest absolute Gasteiger partial charge is 0.0490 e. The Labute approximate surface area is 61.7 Å². The molecule has 0 radical (unpaired) electrons. The van der Waals surface area contributed by atoms with Gasteiger partial charge in [0.2, 0.25) is 0 Å². The van der Waals surface area contributed by atoms with E-state index in [4.69, 9.17) is 0 Å². The molecule has 1 atom stereocenters. The summed E-state index contributed by atoms with van der Waals surface area (Å²) in [5.41, 5.74) is 1.25. The molecule has 0 amide bonds. The largest absolute Gasteiger partial charge is 0.282 e. The Morgan fingerprint density at radius 2 is 2.50 bits per heavy atom. The van der Waals surface area contributed by atoms with Crippen LogP contribution in [0.5, 0.6) is 0 Å². The summed E-state index contributed by atoms with van der Waals surface area (Å²) >= 11 is 0. The van der Waals surface area contributed by atoms with Gasteiger partial charge in [-0.1, -0.05) is 20.3 Å². The second-order valence-corrected chi connectivity index (χ2v) is 2.70. The first kappa shape index (κ1) is 7.32. The number of nitrogens with zero attached hydrogens (tertiary/aromatic N) is 1. The molecule has 10 heavy (non-hydrogen) atoms. The van der Waals surface area contributed by atoms with E-state index in [0.29, 0.717) is 5.92 Å². The maximum atomic E-state index is 3.90. The third-order valence-electron chi connectivity index (χ3n) is 1.77. The summed E-state index contributed by atoms with van der Waals surface area (Å²) in [4.78, 5) is 0. The van der Waals surface area contributed by atoms with Gasteiger partial charge in [-0.25, -0.2) is 0 Å². The summed E-state index contributed by atoms with van der Waals surface area (Å²) in [7, 11) is 0. The molecule has 0 aliphatic heterocycles. The van der Waals surface area contributed by atoms with E-state index in [9.17, 15) is 0 Å². The van der Waals surface area contributed by atoms with Crippen molar-refractivity contribution < 1.29 is 0 Å². The zero-order valence-corrected chi connectivity index (χ0v) is 6.59. The molecule has 0 aliphatic rings. The van der Waals surface area contributed by atoms with Gasteiger partial charge in [0, 0.05) is 11.9 Å². The van der Waals surface area contributed by atoms with Gasteiger partial charge in [0.05, 0.1) is 0 Å². The first-order valence-corrected chi connectivity index (χ1v) is 3.84. The molecule has 0 saturated carbocycles. The van der Waals surface area contributed by atoms with E-state index >= 15 is 0 Å². The lowest BCUT2D eigenvalue weighted by Gasteiger charge is -2.04. The number of rotatable bonds is 3. The van der Waals surface area contributed by atoms with Gasteiger partial charge in [0.25, 0.3) is 0 Å². The lowest BCUT2D eigenvalue weighted by atomic mass is 10.0. The number of nitrogens with one attached hydrogen (secondary N) is 1. The van der Waals surface area contributed by atoms with Crippen molar-refractivity contribution in [3.8, 4) is 0 Å². The van der Waals surface area contributed by atoms with Crippen molar-refractivity contribution >= 4 is 0 Å². The number of aromatic nitrogens is 2. The molecule has 0 aromatic carbocycles. The lowest BCUT2D eigenvalue weighted by molar-refractivity contribution is 0.645. The topological polar surface area (TPSA) is 28.7 Å².